The second-order valence-corrected chi connectivity index (χ2v) is 7.72. The Morgan fingerprint density at radius 1 is 1.29 bits per heavy atom. The quantitative estimate of drug-likeness (QED) is 0.386. The van der Waals surface area contributed by atoms with Gasteiger partial charge in [-0.25, -0.2) is 4.99 Å². The van der Waals surface area contributed by atoms with Gasteiger partial charge >= 0.3 is 0 Å². The van der Waals surface area contributed by atoms with Gasteiger partial charge in [-0.3, -0.25) is 4.79 Å². The van der Waals surface area contributed by atoms with Gasteiger partial charge in [-0.2, -0.15) is 0 Å². The largest absolute Gasteiger partial charge is 0.493 e. The summed E-state index contributed by atoms with van der Waals surface area (Å²) in [6.07, 6.45) is 6.94. The average molecular weight is 389 g/mol. The molecular formula is C22H36N4O2. The molecule has 156 valence electrons. The summed E-state index contributed by atoms with van der Waals surface area (Å²) in [5.41, 5.74) is 1.14. The molecule has 0 bridgehead atoms. The van der Waals surface area contributed by atoms with Crippen molar-refractivity contribution in [3.8, 4) is 5.75 Å². The van der Waals surface area contributed by atoms with Crippen LogP contribution in [0.4, 0.5) is 0 Å². The van der Waals surface area contributed by atoms with Crippen LogP contribution < -0.4 is 15.4 Å². The molecule has 0 saturated heterocycles. The van der Waals surface area contributed by atoms with Crippen LogP contribution in [0, 0.1) is 0 Å². The molecule has 0 spiro atoms. The third kappa shape index (κ3) is 7.06. The molecule has 2 atom stereocenters. The van der Waals surface area contributed by atoms with Gasteiger partial charge in [0.05, 0.1) is 12.6 Å². The van der Waals surface area contributed by atoms with Gasteiger partial charge in [-0.15, -0.1) is 0 Å². The van der Waals surface area contributed by atoms with E-state index in [1.54, 1.807) is 19.0 Å². The number of fused-ring (bicyclic) bond motifs is 1. The first-order valence-electron chi connectivity index (χ1n) is 10.5. The number of guanidine groups is 1. The maximum atomic E-state index is 12.0. The van der Waals surface area contributed by atoms with Gasteiger partial charge in [0.25, 0.3) is 0 Å². The fourth-order valence-electron chi connectivity index (χ4n) is 3.26. The predicted octanol–water partition coefficient (Wildman–Crippen LogP) is 3.49. The summed E-state index contributed by atoms with van der Waals surface area (Å²) < 4.78 is 5.76. The van der Waals surface area contributed by atoms with Gasteiger partial charge in [0.1, 0.15) is 12.3 Å². The highest BCUT2D eigenvalue weighted by Crippen LogP contribution is 2.31. The van der Waals surface area contributed by atoms with Crippen LogP contribution in [-0.2, 0) is 4.79 Å². The maximum absolute atomic E-state index is 12.0. The summed E-state index contributed by atoms with van der Waals surface area (Å²) in [5, 5.41) is 7.02. The van der Waals surface area contributed by atoms with Crippen LogP contribution >= 0.6 is 0 Å². The summed E-state index contributed by atoms with van der Waals surface area (Å²) in [5.74, 6) is 1.60. The highest BCUT2D eigenvalue weighted by Gasteiger charge is 2.22. The van der Waals surface area contributed by atoms with Gasteiger partial charge in [0, 0.05) is 32.1 Å². The summed E-state index contributed by atoms with van der Waals surface area (Å²) in [6.45, 7) is 5.21. The normalized spacial score (nSPS) is 17.3. The van der Waals surface area contributed by atoms with Crippen molar-refractivity contribution in [2.24, 2.45) is 4.99 Å². The molecule has 0 saturated carbocycles. The molecule has 1 amide bonds. The Hall–Kier alpha value is -2.24. The topological polar surface area (TPSA) is 66.0 Å². The lowest BCUT2D eigenvalue weighted by Crippen LogP contribution is -2.45. The summed E-state index contributed by atoms with van der Waals surface area (Å²) in [6, 6.07) is 8.52. The Kier molecular flexibility index (Phi) is 9.11. The van der Waals surface area contributed by atoms with E-state index in [-0.39, 0.29) is 18.5 Å². The molecule has 1 aromatic rings. The molecule has 1 heterocycles. The first-order valence-corrected chi connectivity index (χ1v) is 10.5. The van der Waals surface area contributed by atoms with Crippen molar-refractivity contribution >= 4 is 11.9 Å². The van der Waals surface area contributed by atoms with E-state index in [2.05, 4.69) is 35.5 Å². The predicted molar refractivity (Wildman–Crippen MR) is 115 cm³/mol. The van der Waals surface area contributed by atoms with E-state index in [0.29, 0.717) is 18.6 Å². The van der Waals surface area contributed by atoms with Crippen molar-refractivity contribution in [3.63, 3.8) is 0 Å². The fourth-order valence-corrected chi connectivity index (χ4v) is 3.26. The second kappa shape index (κ2) is 11.6. The highest BCUT2D eigenvalue weighted by atomic mass is 16.5. The first-order chi connectivity index (χ1) is 13.5. The SMILES string of the molecule is CCCCCCC(C)NC(=NCC(=O)N(C)C)NC1CCOc2ccccc21. The standard InChI is InChI=1S/C22H36N4O2/c1-5-6-7-8-11-17(2)24-22(23-16-21(27)26(3)4)25-19-14-15-28-20-13-10-9-12-18(19)20/h9-10,12-13,17,19H,5-8,11,14-16H2,1-4H3,(H2,23,24,25). The number of unbranched alkanes of at least 4 members (excludes halogenated alkanes) is 3. The smallest absolute Gasteiger partial charge is 0.243 e. The number of carbonyl (C=O) groups excluding carboxylic acids is 1. The molecule has 0 aromatic heterocycles. The zero-order chi connectivity index (χ0) is 20.4. The number of carbonyl (C=O) groups is 1. The minimum absolute atomic E-state index is 0.0101. The molecule has 0 fully saturated rings. The van der Waals surface area contributed by atoms with Crippen LogP contribution in [0.2, 0.25) is 0 Å². The Morgan fingerprint density at radius 2 is 2.07 bits per heavy atom. The van der Waals surface area contributed by atoms with Gasteiger partial charge in [0.2, 0.25) is 5.91 Å². The number of likely N-dealkylation sites (N-methyl/N-ethyl adjacent to an activating group) is 1. The maximum Gasteiger partial charge on any atom is 0.243 e. The van der Waals surface area contributed by atoms with Crippen LogP contribution in [0.5, 0.6) is 5.75 Å². The molecule has 2 N–H and O–H groups in total. The molecule has 0 aliphatic carbocycles. The number of para-hydroxylation sites is 1. The number of hydrogen-bond donors (Lipinski definition) is 2. The second-order valence-electron chi connectivity index (χ2n) is 7.72. The molecule has 1 aliphatic heterocycles. The van der Waals surface area contributed by atoms with E-state index in [0.717, 1.165) is 24.2 Å². The number of nitrogens with one attached hydrogen (secondary N) is 2. The number of amides is 1. The summed E-state index contributed by atoms with van der Waals surface area (Å²) in [4.78, 5) is 18.1. The summed E-state index contributed by atoms with van der Waals surface area (Å²) >= 11 is 0. The molecule has 1 aliphatic rings. The summed E-state index contributed by atoms with van der Waals surface area (Å²) in [7, 11) is 3.51. The van der Waals surface area contributed by atoms with Gasteiger partial charge in [0.15, 0.2) is 5.96 Å². The number of nitrogens with zero attached hydrogens (tertiary/aromatic N) is 2. The van der Waals surface area contributed by atoms with E-state index in [1.807, 2.05) is 18.2 Å². The molecule has 1 aromatic carbocycles. The van der Waals surface area contributed by atoms with Crippen molar-refractivity contribution < 1.29 is 9.53 Å². The molecule has 0 radical (unpaired) electrons. The Labute approximate surface area is 169 Å². The van der Waals surface area contributed by atoms with Gasteiger partial charge in [-0.05, 0) is 19.4 Å². The molecule has 6 heteroatoms. The minimum atomic E-state index is -0.0101. The molecule has 2 unspecified atom stereocenters. The van der Waals surface area contributed by atoms with Crippen LogP contribution in [0.15, 0.2) is 29.3 Å². The number of aliphatic imine (C=N–C) groups is 1. The van der Waals surface area contributed by atoms with Gasteiger partial charge < -0.3 is 20.3 Å². The Morgan fingerprint density at radius 3 is 2.82 bits per heavy atom. The van der Waals surface area contributed by atoms with Crippen molar-refractivity contribution in [2.75, 3.05) is 27.2 Å². The molecule has 2 rings (SSSR count). The molecule has 28 heavy (non-hydrogen) atoms. The van der Waals surface area contributed by atoms with Gasteiger partial charge in [-0.1, -0.05) is 50.8 Å². The molecule has 6 nitrogen and oxygen atoms in total. The minimum Gasteiger partial charge on any atom is -0.493 e. The van der Waals surface area contributed by atoms with Crippen molar-refractivity contribution in [1.82, 2.24) is 15.5 Å². The van der Waals surface area contributed by atoms with E-state index >= 15 is 0 Å². The van der Waals surface area contributed by atoms with E-state index in [9.17, 15) is 4.79 Å². The van der Waals surface area contributed by atoms with Crippen molar-refractivity contribution in [1.29, 1.82) is 0 Å². The number of benzene rings is 1. The lowest BCUT2D eigenvalue weighted by Gasteiger charge is -2.29. The highest BCUT2D eigenvalue weighted by molar-refractivity contribution is 5.85. The van der Waals surface area contributed by atoms with Crippen LogP contribution in [0.3, 0.4) is 0 Å². The zero-order valence-electron chi connectivity index (χ0n) is 17.8. The Balaban J connectivity index is 2.04. The van der Waals surface area contributed by atoms with Crippen molar-refractivity contribution in [2.45, 2.75) is 64.5 Å². The van der Waals surface area contributed by atoms with Crippen molar-refractivity contribution in [3.05, 3.63) is 29.8 Å². The zero-order valence-corrected chi connectivity index (χ0v) is 17.8. The number of ether oxygens (including phenoxy) is 1. The lowest BCUT2D eigenvalue weighted by atomic mass is 10.0. The van der Waals surface area contributed by atoms with E-state index in [4.69, 9.17) is 4.74 Å². The lowest BCUT2D eigenvalue weighted by molar-refractivity contribution is -0.127. The number of rotatable bonds is 9. The Bertz CT molecular complexity index is 645. The third-order valence-electron chi connectivity index (χ3n) is 5.01. The van der Waals surface area contributed by atoms with E-state index in [1.165, 1.54) is 25.7 Å². The van der Waals surface area contributed by atoms with Crippen LogP contribution in [-0.4, -0.2) is 50.1 Å². The van der Waals surface area contributed by atoms with Crippen LogP contribution in [0.25, 0.3) is 0 Å². The van der Waals surface area contributed by atoms with E-state index < -0.39 is 0 Å². The molecular weight excluding hydrogens is 352 g/mol. The third-order valence-corrected chi connectivity index (χ3v) is 5.01. The fraction of sp³-hybridized carbons (Fsp3) is 0.636. The average Bonchev–Trinajstić information content (AvgIpc) is 2.69. The monoisotopic (exact) mass is 388 g/mol. The first kappa shape index (κ1) is 22.1. The number of hydrogen-bond acceptors (Lipinski definition) is 3. The van der Waals surface area contributed by atoms with Crippen LogP contribution in [0.1, 0.15) is 64.0 Å².